The fourth-order valence-electron chi connectivity index (χ4n) is 3.18. The maximum absolute atomic E-state index is 11.1. The number of morpholine rings is 1. The molecule has 2 fully saturated rings. The molecule has 2 aliphatic heterocycles. The molecule has 6 nitrogen and oxygen atoms in total. The number of hydrogen-bond donors (Lipinski definition) is 1. The van der Waals surface area contributed by atoms with Crippen LogP contribution in [0.25, 0.3) is 10.1 Å². The largest absolute Gasteiger partial charge is 0.365 e. The highest BCUT2D eigenvalue weighted by atomic mass is 32.1. The minimum atomic E-state index is -0.0125. The first-order valence-corrected chi connectivity index (χ1v) is 8.77. The molecular weight excluding hydrogens is 312 g/mol. The average molecular weight is 332 g/mol. The number of benzene rings is 1. The number of nitrogens with one attached hydrogen (secondary N) is 1. The molecule has 1 N–H and O–H groups in total. The summed E-state index contributed by atoms with van der Waals surface area (Å²) in [6.07, 6.45) is 0.111. The molecule has 0 spiro atoms. The van der Waals surface area contributed by atoms with Gasteiger partial charge in [0, 0.05) is 44.7 Å². The second-order valence-electron chi connectivity index (χ2n) is 6.03. The van der Waals surface area contributed by atoms with Crippen molar-refractivity contribution in [3.8, 4) is 0 Å². The Kier molecular flexibility index (Phi) is 4.15. The van der Waals surface area contributed by atoms with Gasteiger partial charge < -0.3 is 15.0 Å². The molecule has 3 heterocycles. The summed E-state index contributed by atoms with van der Waals surface area (Å²) in [5, 5.41) is 4.12. The third-order valence-electron chi connectivity index (χ3n) is 4.47. The van der Waals surface area contributed by atoms with Crippen molar-refractivity contribution in [3.63, 3.8) is 0 Å². The van der Waals surface area contributed by atoms with Crippen molar-refractivity contribution in [2.75, 3.05) is 50.8 Å². The Morgan fingerprint density at radius 3 is 2.87 bits per heavy atom. The van der Waals surface area contributed by atoms with Crippen LogP contribution in [-0.4, -0.2) is 67.2 Å². The van der Waals surface area contributed by atoms with Gasteiger partial charge in [0.2, 0.25) is 5.91 Å². The molecule has 122 valence electrons. The number of hydrogen-bond acceptors (Lipinski definition) is 6. The van der Waals surface area contributed by atoms with Crippen molar-refractivity contribution < 1.29 is 9.53 Å². The van der Waals surface area contributed by atoms with Crippen molar-refractivity contribution in [1.29, 1.82) is 0 Å². The van der Waals surface area contributed by atoms with E-state index in [4.69, 9.17) is 4.74 Å². The topological polar surface area (TPSA) is 57.7 Å². The standard InChI is InChI=1S/C16H20N4O2S/c21-15-11-22-12(9-17-15)10-19-5-7-20(8-6-19)16-13-3-1-2-4-14(13)23-18-16/h1-4,12H,5-11H2,(H,17,21). The summed E-state index contributed by atoms with van der Waals surface area (Å²) in [4.78, 5) is 15.9. The molecule has 2 aromatic rings. The van der Waals surface area contributed by atoms with Crippen LogP contribution >= 0.6 is 11.5 Å². The van der Waals surface area contributed by atoms with Gasteiger partial charge in [-0.3, -0.25) is 9.69 Å². The molecule has 1 aromatic heterocycles. The number of amides is 1. The van der Waals surface area contributed by atoms with Crippen LogP contribution in [-0.2, 0) is 9.53 Å². The molecule has 1 unspecified atom stereocenters. The summed E-state index contributed by atoms with van der Waals surface area (Å²) in [5.74, 6) is 1.10. The monoisotopic (exact) mass is 332 g/mol. The van der Waals surface area contributed by atoms with E-state index in [0.29, 0.717) is 6.54 Å². The minimum Gasteiger partial charge on any atom is -0.365 e. The number of anilines is 1. The number of aromatic nitrogens is 1. The zero-order valence-electron chi connectivity index (χ0n) is 12.9. The highest BCUT2D eigenvalue weighted by Gasteiger charge is 2.25. The fraction of sp³-hybridized carbons (Fsp3) is 0.500. The third kappa shape index (κ3) is 3.17. The van der Waals surface area contributed by atoms with E-state index in [-0.39, 0.29) is 18.6 Å². The molecule has 1 aromatic carbocycles. The maximum atomic E-state index is 11.1. The lowest BCUT2D eigenvalue weighted by Crippen LogP contribution is -2.53. The summed E-state index contributed by atoms with van der Waals surface area (Å²) in [5.41, 5.74) is 0. The lowest BCUT2D eigenvalue weighted by atomic mass is 10.2. The number of ether oxygens (including phenoxy) is 1. The highest BCUT2D eigenvalue weighted by Crippen LogP contribution is 2.29. The number of carbonyl (C=O) groups is 1. The molecule has 0 aliphatic carbocycles. The Labute approximate surface area is 139 Å². The van der Waals surface area contributed by atoms with Crippen LogP contribution in [0.4, 0.5) is 5.82 Å². The third-order valence-corrected chi connectivity index (χ3v) is 5.29. The number of nitrogens with zero attached hydrogens (tertiary/aromatic N) is 3. The zero-order valence-corrected chi connectivity index (χ0v) is 13.7. The van der Waals surface area contributed by atoms with Gasteiger partial charge in [-0.25, -0.2) is 0 Å². The van der Waals surface area contributed by atoms with Crippen LogP contribution in [0.5, 0.6) is 0 Å². The van der Waals surface area contributed by atoms with Crippen LogP contribution in [0, 0.1) is 0 Å². The SMILES string of the molecule is O=C1COC(CN2CCN(c3nsc4ccccc34)CC2)CN1. The first kappa shape index (κ1) is 14.9. The molecule has 2 saturated heterocycles. The van der Waals surface area contributed by atoms with Gasteiger partial charge >= 0.3 is 0 Å². The van der Waals surface area contributed by atoms with Crippen LogP contribution < -0.4 is 10.2 Å². The molecule has 0 bridgehead atoms. The first-order valence-electron chi connectivity index (χ1n) is 7.99. The van der Waals surface area contributed by atoms with Crippen LogP contribution in [0.3, 0.4) is 0 Å². The van der Waals surface area contributed by atoms with E-state index in [9.17, 15) is 4.79 Å². The van der Waals surface area contributed by atoms with Crippen LogP contribution in [0.15, 0.2) is 24.3 Å². The average Bonchev–Trinajstić information content (AvgIpc) is 3.02. The number of rotatable bonds is 3. The van der Waals surface area contributed by atoms with Gasteiger partial charge in [-0.05, 0) is 23.7 Å². The molecule has 1 atom stereocenters. The lowest BCUT2D eigenvalue weighted by molar-refractivity contribution is -0.133. The first-order chi connectivity index (χ1) is 11.3. The molecule has 2 aliphatic rings. The van der Waals surface area contributed by atoms with E-state index in [1.54, 1.807) is 11.5 Å². The summed E-state index contributed by atoms with van der Waals surface area (Å²) in [6, 6.07) is 8.41. The molecule has 0 saturated carbocycles. The lowest BCUT2D eigenvalue weighted by Gasteiger charge is -2.37. The maximum Gasteiger partial charge on any atom is 0.246 e. The second-order valence-corrected chi connectivity index (χ2v) is 6.83. The second kappa shape index (κ2) is 6.43. The highest BCUT2D eigenvalue weighted by molar-refractivity contribution is 7.13. The van der Waals surface area contributed by atoms with Crippen LogP contribution in [0.2, 0.25) is 0 Å². The van der Waals surface area contributed by atoms with Gasteiger partial charge in [0.25, 0.3) is 0 Å². The minimum absolute atomic E-state index is 0.0125. The van der Waals surface area contributed by atoms with Gasteiger partial charge in [0.05, 0.1) is 10.8 Å². The van der Waals surface area contributed by atoms with Gasteiger partial charge in [-0.15, -0.1) is 0 Å². The Balaban J connectivity index is 1.35. The molecule has 23 heavy (non-hydrogen) atoms. The summed E-state index contributed by atoms with van der Waals surface area (Å²) in [7, 11) is 0. The number of piperazine rings is 1. The van der Waals surface area contributed by atoms with E-state index in [0.717, 1.165) is 38.5 Å². The van der Waals surface area contributed by atoms with Gasteiger partial charge in [-0.1, -0.05) is 12.1 Å². The van der Waals surface area contributed by atoms with Crippen LogP contribution in [0.1, 0.15) is 0 Å². The predicted molar refractivity (Wildman–Crippen MR) is 91.0 cm³/mol. The van der Waals surface area contributed by atoms with Gasteiger partial charge in [-0.2, -0.15) is 4.37 Å². The molecule has 0 radical (unpaired) electrons. The molecular formula is C16H20N4O2S. The Morgan fingerprint density at radius 1 is 1.26 bits per heavy atom. The van der Waals surface area contributed by atoms with E-state index >= 15 is 0 Å². The number of fused-ring (bicyclic) bond motifs is 1. The Hall–Kier alpha value is -1.70. The summed E-state index contributed by atoms with van der Waals surface area (Å²) < 4.78 is 11.5. The predicted octanol–water partition coefficient (Wildman–Crippen LogP) is 0.933. The summed E-state index contributed by atoms with van der Waals surface area (Å²) in [6.45, 7) is 5.65. The van der Waals surface area contributed by atoms with Gasteiger partial charge in [0.1, 0.15) is 12.4 Å². The van der Waals surface area contributed by atoms with E-state index in [1.165, 1.54) is 10.1 Å². The van der Waals surface area contributed by atoms with E-state index in [2.05, 4.69) is 43.8 Å². The van der Waals surface area contributed by atoms with E-state index in [1.807, 2.05) is 0 Å². The summed E-state index contributed by atoms with van der Waals surface area (Å²) >= 11 is 1.57. The normalized spacial score (nSPS) is 23.2. The Morgan fingerprint density at radius 2 is 2.09 bits per heavy atom. The van der Waals surface area contributed by atoms with Crippen molar-refractivity contribution in [2.24, 2.45) is 0 Å². The molecule has 1 amide bonds. The van der Waals surface area contributed by atoms with Crippen molar-refractivity contribution >= 4 is 33.3 Å². The van der Waals surface area contributed by atoms with Crippen molar-refractivity contribution in [2.45, 2.75) is 6.10 Å². The quantitative estimate of drug-likeness (QED) is 0.906. The number of carbonyl (C=O) groups excluding carboxylic acids is 1. The zero-order chi connectivity index (χ0) is 15.6. The Bertz CT molecular complexity index is 686. The van der Waals surface area contributed by atoms with E-state index < -0.39 is 0 Å². The smallest absolute Gasteiger partial charge is 0.246 e. The fourth-order valence-corrected chi connectivity index (χ4v) is 3.98. The van der Waals surface area contributed by atoms with Crippen molar-refractivity contribution in [1.82, 2.24) is 14.6 Å². The van der Waals surface area contributed by atoms with Gasteiger partial charge in [0.15, 0.2) is 0 Å². The molecule has 4 rings (SSSR count). The molecule has 7 heteroatoms. The van der Waals surface area contributed by atoms with Crippen molar-refractivity contribution in [3.05, 3.63) is 24.3 Å².